The maximum absolute atomic E-state index is 5.87. The van der Waals surface area contributed by atoms with E-state index in [0.29, 0.717) is 0 Å². The van der Waals surface area contributed by atoms with E-state index in [2.05, 4.69) is 17.3 Å². The van der Waals surface area contributed by atoms with Crippen LogP contribution in [0, 0.1) is 0 Å². The maximum Gasteiger partial charge on any atom is 0.0933 e. The molecule has 2 fully saturated rings. The van der Waals surface area contributed by atoms with Crippen molar-refractivity contribution in [3.05, 3.63) is 0 Å². The number of likely N-dealkylation sites (N-methyl/N-ethyl adjacent to an activating group) is 1. The molecular formula is C9H18N2O. The number of nitrogens with zero attached hydrogens (tertiary/aromatic N) is 1. The molecule has 2 aliphatic rings. The van der Waals surface area contributed by atoms with Crippen molar-refractivity contribution in [2.24, 2.45) is 0 Å². The summed E-state index contributed by atoms with van der Waals surface area (Å²) in [6.07, 6.45) is 2.50. The minimum Gasteiger partial charge on any atom is -0.371 e. The molecular weight excluding hydrogens is 152 g/mol. The molecule has 1 atom stereocenters. The second kappa shape index (κ2) is 3.32. The van der Waals surface area contributed by atoms with Gasteiger partial charge in [-0.3, -0.25) is 0 Å². The van der Waals surface area contributed by atoms with Gasteiger partial charge in [0.1, 0.15) is 0 Å². The van der Waals surface area contributed by atoms with Gasteiger partial charge in [0.2, 0.25) is 0 Å². The van der Waals surface area contributed by atoms with Crippen LogP contribution in [-0.2, 0) is 4.74 Å². The molecule has 0 bridgehead atoms. The zero-order valence-corrected chi connectivity index (χ0v) is 7.81. The number of nitrogens with one attached hydrogen (secondary N) is 1. The predicted molar refractivity (Wildman–Crippen MR) is 48.3 cm³/mol. The third-order valence-electron chi connectivity index (χ3n) is 2.86. The molecule has 0 radical (unpaired) electrons. The maximum atomic E-state index is 5.87. The van der Waals surface area contributed by atoms with E-state index in [1.54, 1.807) is 0 Å². The highest BCUT2D eigenvalue weighted by Crippen LogP contribution is 2.25. The molecule has 3 heteroatoms. The Morgan fingerprint density at radius 2 is 2.42 bits per heavy atom. The molecule has 70 valence electrons. The summed E-state index contributed by atoms with van der Waals surface area (Å²) in [6.45, 7) is 5.27. The summed E-state index contributed by atoms with van der Waals surface area (Å²) in [7, 11) is 2.18. The number of hydrogen-bond acceptors (Lipinski definition) is 3. The van der Waals surface area contributed by atoms with E-state index >= 15 is 0 Å². The lowest BCUT2D eigenvalue weighted by molar-refractivity contribution is -0.101. The van der Waals surface area contributed by atoms with Crippen molar-refractivity contribution in [3.63, 3.8) is 0 Å². The van der Waals surface area contributed by atoms with Crippen LogP contribution >= 0.6 is 0 Å². The molecule has 1 spiro atoms. The fourth-order valence-electron chi connectivity index (χ4n) is 2.29. The topological polar surface area (TPSA) is 24.5 Å². The number of ether oxygens (including phenoxy) is 1. The normalized spacial score (nSPS) is 38.8. The third-order valence-corrected chi connectivity index (χ3v) is 2.86. The van der Waals surface area contributed by atoms with Crippen LogP contribution in [0.25, 0.3) is 0 Å². The van der Waals surface area contributed by atoms with Gasteiger partial charge in [-0.25, -0.2) is 0 Å². The van der Waals surface area contributed by atoms with Crippen LogP contribution in [0.15, 0.2) is 0 Å². The van der Waals surface area contributed by atoms with Gasteiger partial charge in [-0.1, -0.05) is 0 Å². The van der Waals surface area contributed by atoms with Gasteiger partial charge in [-0.05, 0) is 26.4 Å². The number of likely N-dealkylation sites (tertiary alicyclic amines) is 1. The number of rotatable bonds is 0. The first-order valence-corrected chi connectivity index (χ1v) is 4.84. The Bertz CT molecular complexity index is 149. The van der Waals surface area contributed by atoms with Crippen LogP contribution in [0.1, 0.15) is 12.8 Å². The Balaban J connectivity index is 1.97. The molecule has 0 saturated carbocycles. The molecule has 0 aliphatic carbocycles. The van der Waals surface area contributed by atoms with Gasteiger partial charge in [0, 0.05) is 19.6 Å². The van der Waals surface area contributed by atoms with Crippen molar-refractivity contribution in [2.75, 3.05) is 39.8 Å². The van der Waals surface area contributed by atoms with Gasteiger partial charge < -0.3 is 15.0 Å². The molecule has 0 aromatic heterocycles. The lowest BCUT2D eigenvalue weighted by Crippen LogP contribution is -2.57. The quantitative estimate of drug-likeness (QED) is 0.557. The summed E-state index contributed by atoms with van der Waals surface area (Å²) in [4.78, 5) is 2.37. The highest BCUT2D eigenvalue weighted by Gasteiger charge is 2.36. The largest absolute Gasteiger partial charge is 0.371 e. The van der Waals surface area contributed by atoms with Gasteiger partial charge in [0.05, 0.1) is 12.2 Å². The monoisotopic (exact) mass is 170 g/mol. The summed E-state index contributed by atoms with van der Waals surface area (Å²) in [5, 5.41) is 3.41. The first kappa shape index (κ1) is 8.48. The van der Waals surface area contributed by atoms with Gasteiger partial charge in [0.15, 0.2) is 0 Å². The molecule has 2 rings (SSSR count). The third kappa shape index (κ3) is 1.63. The summed E-state index contributed by atoms with van der Waals surface area (Å²) in [5.74, 6) is 0. The number of hydrogen-bond donors (Lipinski definition) is 1. The van der Waals surface area contributed by atoms with Gasteiger partial charge in [0.25, 0.3) is 0 Å². The SMILES string of the molecule is CN1CCCC2(CNCCO2)C1. The van der Waals surface area contributed by atoms with Crippen molar-refractivity contribution in [1.82, 2.24) is 10.2 Å². The van der Waals surface area contributed by atoms with E-state index in [1.807, 2.05) is 0 Å². The van der Waals surface area contributed by atoms with Crippen molar-refractivity contribution >= 4 is 0 Å². The average molecular weight is 170 g/mol. The van der Waals surface area contributed by atoms with Crippen LogP contribution in [0.4, 0.5) is 0 Å². The molecule has 1 unspecified atom stereocenters. The summed E-state index contributed by atoms with van der Waals surface area (Å²) < 4.78 is 5.87. The van der Waals surface area contributed by atoms with E-state index in [0.717, 1.165) is 26.2 Å². The predicted octanol–water partition coefficient (Wildman–Crippen LogP) is 0.0706. The van der Waals surface area contributed by atoms with Gasteiger partial charge >= 0.3 is 0 Å². The van der Waals surface area contributed by atoms with E-state index < -0.39 is 0 Å². The van der Waals surface area contributed by atoms with Crippen molar-refractivity contribution < 1.29 is 4.74 Å². The Hall–Kier alpha value is -0.120. The second-order valence-electron chi connectivity index (χ2n) is 4.05. The molecule has 0 aromatic carbocycles. The molecule has 12 heavy (non-hydrogen) atoms. The highest BCUT2D eigenvalue weighted by atomic mass is 16.5. The number of morpholine rings is 1. The molecule has 1 N–H and O–H groups in total. The van der Waals surface area contributed by atoms with Crippen LogP contribution < -0.4 is 5.32 Å². The van der Waals surface area contributed by atoms with Crippen molar-refractivity contribution in [3.8, 4) is 0 Å². The van der Waals surface area contributed by atoms with Crippen LogP contribution in [0.3, 0.4) is 0 Å². The Morgan fingerprint density at radius 3 is 3.08 bits per heavy atom. The lowest BCUT2D eigenvalue weighted by atomic mass is 9.92. The molecule has 0 amide bonds. The number of piperidine rings is 1. The van der Waals surface area contributed by atoms with Crippen molar-refractivity contribution in [1.29, 1.82) is 0 Å². The molecule has 0 aromatic rings. The lowest BCUT2D eigenvalue weighted by Gasteiger charge is -2.43. The average Bonchev–Trinajstić information content (AvgIpc) is 2.05. The van der Waals surface area contributed by atoms with E-state index in [1.165, 1.54) is 19.4 Å². The van der Waals surface area contributed by atoms with Crippen LogP contribution in [-0.4, -0.2) is 50.3 Å². The van der Waals surface area contributed by atoms with Crippen molar-refractivity contribution in [2.45, 2.75) is 18.4 Å². The summed E-state index contributed by atoms with van der Waals surface area (Å²) in [5.41, 5.74) is 0.144. The smallest absolute Gasteiger partial charge is 0.0933 e. The molecule has 2 heterocycles. The first-order valence-electron chi connectivity index (χ1n) is 4.84. The molecule has 2 saturated heterocycles. The Kier molecular flexibility index (Phi) is 2.35. The van der Waals surface area contributed by atoms with E-state index in [4.69, 9.17) is 4.74 Å². The Labute approximate surface area is 74.1 Å². The minimum atomic E-state index is 0.144. The molecule has 2 aliphatic heterocycles. The summed E-state index contributed by atoms with van der Waals surface area (Å²) >= 11 is 0. The zero-order chi connectivity index (χ0) is 8.44. The summed E-state index contributed by atoms with van der Waals surface area (Å²) in [6, 6.07) is 0. The fraction of sp³-hybridized carbons (Fsp3) is 1.00. The standard InChI is InChI=1S/C9H18N2O/c1-11-5-2-3-9(8-11)7-10-4-6-12-9/h10H,2-8H2,1H3. The van der Waals surface area contributed by atoms with Gasteiger partial charge in [-0.15, -0.1) is 0 Å². The highest BCUT2D eigenvalue weighted by molar-refractivity contribution is 4.91. The zero-order valence-electron chi connectivity index (χ0n) is 7.81. The Morgan fingerprint density at radius 1 is 1.50 bits per heavy atom. The molecule has 3 nitrogen and oxygen atoms in total. The van der Waals surface area contributed by atoms with E-state index in [-0.39, 0.29) is 5.60 Å². The van der Waals surface area contributed by atoms with Crippen LogP contribution in [0.5, 0.6) is 0 Å². The van der Waals surface area contributed by atoms with Gasteiger partial charge in [-0.2, -0.15) is 0 Å². The second-order valence-corrected chi connectivity index (χ2v) is 4.05. The van der Waals surface area contributed by atoms with E-state index in [9.17, 15) is 0 Å². The minimum absolute atomic E-state index is 0.144. The first-order chi connectivity index (χ1) is 5.81. The fourth-order valence-corrected chi connectivity index (χ4v) is 2.29. The van der Waals surface area contributed by atoms with Crippen LogP contribution in [0.2, 0.25) is 0 Å².